The minimum atomic E-state index is -0.0311. The third-order valence-corrected chi connectivity index (χ3v) is 2.56. The molecule has 68 valence electrons. The van der Waals surface area contributed by atoms with E-state index in [1.807, 2.05) is 0 Å². The fourth-order valence-electron chi connectivity index (χ4n) is 1.23. The van der Waals surface area contributed by atoms with E-state index in [4.69, 9.17) is 4.74 Å². The molecule has 1 aliphatic rings. The molecule has 0 saturated carbocycles. The summed E-state index contributed by atoms with van der Waals surface area (Å²) in [6, 6.07) is 1.75. The van der Waals surface area contributed by atoms with Crippen molar-refractivity contribution in [2.45, 2.75) is 6.42 Å². The molecule has 0 atom stereocenters. The van der Waals surface area contributed by atoms with E-state index in [1.54, 1.807) is 6.07 Å². The molecule has 0 fully saturated rings. The van der Waals surface area contributed by atoms with Crippen molar-refractivity contribution < 1.29 is 9.53 Å². The molecule has 0 bridgehead atoms. The molecule has 1 aromatic rings. The van der Waals surface area contributed by atoms with Gasteiger partial charge >= 0.3 is 0 Å². The minimum Gasteiger partial charge on any atom is -0.481 e. The Hall–Kier alpha value is -1.10. The number of hydrogen-bond acceptors (Lipinski definition) is 3. The van der Waals surface area contributed by atoms with Crippen LogP contribution in [0, 0.1) is 0 Å². The lowest BCUT2D eigenvalue weighted by Crippen LogP contribution is -2.04. The average molecular weight is 243 g/mol. The first-order valence-electron chi connectivity index (χ1n) is 3.74. The number of nitrogens with one attached hydrogen (secondary N) is 1. The number of fused-ring (bicyclic) bond motifs is 1. The van der Waals surface area contributed by atoms with Gasteiger partial charge in [0.2, 0.25) is 11.8 Å². The molecular formula is C8H7BrN2O2. The molecule has 0 aromatic carbocycles. The van der Waals surface area contributed by atoms with Gasteiger partial charge in [0.25, 0.3) is 0 Å². The summed E-state index contributed by atoms with van der Waals surface area (Å²) in [6.07, 6.45) is 0.382. The third kappa shape index (κ3) is 1.39. The van der Waals surface area contributed by atoms with Crippen molar-refractivity contribution in [3.63, 3.8) is 0 Å². The summed E-state index contributed by atoms with van der Waals surface area (Å²) in [5, 5.41) is 2.65. The van der Waals surface area contributed by atoms with E-state index in [1.165, 1.54) is 7.11 Å². The number of nitrogens with zero attached hydrogens (tertiary/aromatic N) is 1. The molecule has 1 aromatic heterocycles. The summed E-state index contributed by atoms with van der Waals surface area (Å²) in [6.45, 7) is 0. The van der Waals surface area contributed by atoms with Crippen LogP contribution in [0.15, 0.2) is 10.5 Å². The van der Waals surface area contributed by atoms with E-state index >= 15 is 0 Å². The van der Waals surface area contributed by atoms with Crippen LogP contribution in [-0.2, 0) is 11.2 Å². The number of methoxy groups -OCH3 is 1. The van der Waals surface area contributed by atoms with E-state index in [-0.39, 0.29) is 5.91 Å². The van der Waals surface area contributed by atoms with Gasteiger partial charge in [0, 0.05) is 16.1 Å². The predicted molar refractivity (Wildman–Crippen MR) is 50.8 cm³/mol. The van der Waals surface area contributed by atoms with E-state index < -0.39 is 0 Å². The van der Waals surface area contributed by atoms with Gasteiger partial charge in [0.05, 0.1) is 13.5 Å². The number of ether oxygens (including phenoxy) is 1. The first kappa shape index (κ1) is 8.50. The Kier molecular flexibility index (Phi) is 1.95. The van der Waals surface area contributed by atoms with Crippen LogP contribution in [0.3, 0.4) is 0 Å². The van der Waals surface area contributed by atoms with Gasteiger partial charge in [-0.05, 0) is 0 Å². The molecule has 0 unspecified atom stereocenters. The molecule has 2 heterocycles. The largest absolute Gasteiger partial charge is 0.481 e. The normalized spacial score (nSPS) is 13.8. The van der Waals surface area contributed by atoms with Crippen molar-refractivity contribution in [2.24, 2.45) is 0 Å². The molecule has 1 N–H and O–H groups in total. The molecule has 1 amide bonds. The summed E-state index contributed by atoms with van der Waals surface area (Å²) in [5.74, 6) is 1.06. The first-order chi connectivity index (χ1) is 6.20. The Morgan fingerprint density at radius 2 is 2.46 bits per heavy atom. The topological polar surface area (TPSA) is 51.2 Å². The molecule has 1 aliphatic heterocycles. The highest BCUT2D eigenvalue weighted by Crippen LogP contribution is 2.31. The van der Waals surface area contributed by atoms with Gasteiger partial charge in [-0.25, -0.2) is 0 Å². The molecule has 0 radical (unpaired) electrons. The van der Waals surface area contributed by atoms with Gasteiger partial charge in [-0.15, -0.1) is 0 Å². The lowest BCUT2D eigenvalue weighted by atomic mass is 10.2. The number of anilines is 1. The quantitative estimate of drug-likeness (QED) is 0.809. The van der Waals surface area contributed by atoms with Gasteiger partial charge < -0.3 is 10.1 Å². The standard InChI is InChI=1S/C8H7BrN2O2/c1-13-7-3-5(9)4-2-6(12)10-8(4)11-7/h3H,2H2,1H3,(H,10,11,12). The molecule has 4 nitrogen and oxygen atoms in total. The summed E-state index contributed by atoms with van der Waals surface area (Å²) in [5.41, 5.74) is 0.894. The second-order valence-electron chi connectivity index (χ2n) is 2.70. The highest BCUT2D eigenvalue weighted by atomic mass is 79.9. The van der Waals surface area contributed by atoms with Crippen LogP contribution >= 0.6 is 15.9 Å². The maximum absolute atomic E-state index is 11.0. The van der Waals surface area contributed by atoms with Gasteiger partial charge in [-0.3, -0.25) is 4.79 Å². The first-order valence-corrected chi connectivity index (χ1v) is 4.53. The Balaban J connectivity index is 2.52. The molecule has 0 spiro atoms. The number of hydrogen-bond donors (Lipinski definition) is 1. The Bertz CT molecular complexity index is 379. The van der Waals surface area contributed by atoms with Crippen molar-refractivity contribution >= 4 is 27.7 Å². The second-order valence-corrected chi connectivity index (χ2v) is 3.55. The van der Waals surface area contributed by atoms with E-state index in [0.717, 1.165) is 10.0 Å². The van der Waals surface area contributed by atoms with Crippen molar-refractivity contribution in [3.8, 4) is 5.88 Å². The Labute approximate surface area is 83.4 Å². The van der Waals surface area contributed by atoms with Crippen LogP contribution in [-0.4, -0.2) is 18.0 Å². The second kappa shape index (κ2) is 2.99. The zero-order valence-corrected chi connectivity index (χ0v) is 8.51. The number of aromatic nitrogens is 1. The summed E-state index contributed by atoms with van der Waals surface area (Å²) < 4.78 is 5.82. The highest BCUT2D eigenvalue weighted by Gasteiger charge is 2.22. The summed E-state index contributed by atoms with van der Waals surface area (Å²) in [4.78, 5) is 15.1. The van der Waals surface area contributed by atoms with Gasteiger partial charge in [0.15, 0.2) is 0 Å². The fourth-order valence-corrected chi connectivity index (χ4v) is 1.76. The molecule has 0 aliphatic carbocycles. The zero-order valence-electron chi connectivity index (χ0n) is 6.93. The molecular weight excluding hydrogens is 236 g/mol. The molecule has 0 saturated heterocycles. The number of halogens is 1. The van der Waals surface area contributed by atoms with Crippen LogP contribution in [0.25, 0.3) is 0 Å². The van der Waals surface area contributed by atoms with Crippen LogP contribution in [0.1, 0.15) is 5.56 Å². The smallest absolute Gasteiger partial charge is 0.230 e. The Morgan fingerprint density at radius 1 is 1.69 bits per heavy atom. The number of rotatable bonds is 1. The lowest BCUT2D eigenvalue weighted by molar-refractivity contribution is -0.115. The lowest BCUT2D eigenvalue weighted by Gasteiger charge is -2.03. The highest BCUT2D eigenvalue weighted by molar-refractivity contribution is 9.10. The van der Waals surface area contributed by atoms with Crippen LogP contribution in [0.4, 0.5) is 5.82 Å². The van der Waals surface area contributed by atoms with Crippen molar-refractivity contribution in [2.75, 3.05) is 12.4 Å². The summed E-state index contributed by atoms with van der Waals surface area (Å²) >= 11 is 3.35. The predicted octanol–water partition coefficient (Wildman–Crippen LogP) is 1.35. The number of pyridine rings is 1. The van der Waals surface area contributed by atoms with Crippen LogP contribution in [0.2, 0.25) is 0 Å². The van der Waals surface area contributed by atoms with Crippen molar-refractivity contribution in [1.82, 2.24) is 4.98 Å². The zero-order chi connectivity index (χ0) is 9.42. The van der Waals surface area contributed by atoms with Crippen LogP contribution < -0.4 is 10.1 Å². The number of carbonyl (C=O) groups excluding carboxylic acids is 1. The van der Waals surface area contributed by atoms with Gasteiger partial charge in [-0.1, -0.05) is 15.9 Å². The molecule has 2 rings (SSSR count). The maximum Gasteiger partial charge on any atom is 0.230 e. The van der Waals surface area contributed by atoms with Crippen molar-refractivity contribution in [1.29, 1.82) is 0 Å². The van der Waals surface area contributed by atoms with Crippen molar-refractivity contribution in [3.05, 3.63) is 16.1 Å². The van der Waals surface area contributed by atoms with E-state index in [0.29, 0.717) is 18.1 Å². The van der Waals surface area contributed by atoms with Crippen LogP contribution in [0.5, 0.6) is 5.88 Å². The monoisotopic (exact) mass is 242 g/mol. The molecule has 5 heteroatoms. The Morgan fingerprint density at radius 3 is 3.15 bits per heavy atom. The fraction of sp³-hybridized carbons (Fsp3) is 0.250. The third-order valence-electron chi connectivity index (χ3n) is 1.85. The van der Waals surface area contributed by atoms with Gasteiger partial charge in [-0.2, -0.15) is 4.98 Å². The van der Waals surface area contributed by atoms with E-state index in [2.05, 4.69) is 26.2 Å². The SMILES string of the molecule is COc1cc(Br)c2c(n1)NC(=O)C2. The van der Waals surface area contributed by atoms with E-state index in [9.17, 15) is 4.79 Å². The number of carbonyl (C=O) groups is 1. The average Bonchev–Trinajstić information content (AvgIpc) is 2.46. The maximum atomic E-state index is 11.0. The van der Waals surface area contributed by atoms with Gasteiger partial charge in [0.1, 0.15) is 5.82 Å². The summed E-state index contributed by atoms with van der Waals surface area (Å²) in [7, 11) is 1.54. The number of amides is 1. The molecule has 13 heavy (non-hydrogen) atoms. The minimum absolute atomic E-state index is 0.0311.